The normalized spacial score (nSPS) is 13.1. The molecule has 0 fully saturated rings. The second-order valence-corrected chi connectivity index (χ2v) is 7.49. The van der Waals surface area contributed by atoms with Gasteiger partial charge in [-0.2, -0.15) is 0 Å². The van der Waals surface area contributed by atoms with Gasteiger partial charge in [0.05, 0.1) is 6.10 Å². The van der Waals surface area contributed by atoms with Crippen LogP contribution in [0.15, 0.2) is 66.7 Å². The molecule has 0 amide bonds. The number of phenols is 1. The van der Waals surface area contributed by atoms with Crippen LogP contribution in [-0.4, -0.2) is 29.4 Å². The lowest BCUT2D eigenvalue weighted by atomic mass is 10.0. The third-order valence-corrected chi connectivity index (χ3v) is 5.22. The quantitative estimate of drug-likeness (QED) is 0.450. The van der Waals surface area contributed by atoms with E-state index in [0.717, 1.165) is 33.0 Å². The number of aliphatic hydroxyl groups excluding tert-OH is 1. The molecule has 29 heavy (non-hydrogen) atoms. The van der Waals surface area contributed by atoms with Crippen molar-refractivity contribution in [1.29, 1.82) is 0 Å². The van der Waals surface area contributed by atoms with Crippen molar-refractivity contribution in [1.82, 2.24) is 5.32 Å². The molecule has 3 N–H and O–H groups in total. The molecule has 2 atom stereocenters. The van der Waals surface area contributed by atoms with Gasteiger partial charge in [-0.1, -0.05) is 48.0 Å². The maximum absolute atomic E-state index is 10.4. The van der Waals surface area contributed by atoms with Crippen LogP contribution in [0.1, 0.15) is 24.2 Å². The van der Waals surface area contributed by atoms with Crippen molar-refractivity contribution in [3.63, 3.8) is 0 Å². The van der Waals surface area contributed by atoms with E-state index in [4.69, 9.17) is 16.3 Å². The summed E-state index contributed by atoms with van der Waals surface area (Å²) in [7, 11) is 0. The standard InChI is InChI=1S/C24H26ClNO3/c1-16-15-19(21-5-3-4-6-22(21)25)9-12-23(16)29-14-13-26-17(2)24(28)18-7-10-20(27)11-8-18/h3-12,15,17,24,26-28H,13-14H2,1-2H3/t17-,24-/m1/s1. The Hall–Kier alpha value is -2.53. The van der Waals surface area contributed by atoms with Gasteiger partial charge in [0.2, 0.25) is 0 Å². The van der Waals surface area contributed by atoms with E-state index in [0.29, 0.717) is 13.2 Å². The molecule has 0 aromatic heterocycles. The van der Waals surface area contributed by atoms with E-state index in [9.17, 15) is 10.2 Å². The van der Waals surface area contributed by atoms with Gasteiger partial charge in [0.25, 0.3) is 0 Å². The first kappa shape index (κ1) is 21.2. The number of aliphatic hydroxyl groups is 1. The van der Waals surface area contributed by atoms with Gasteiger partial charge in [-0.25, -0.2) is 0 Å². The molecule has 0 radical (unpaired) electrons. The first-order chi connectivity index (χ1) is 14.0. The summed E-state index contributed by atoms with van der Waals surface area (Å²) in [6, 6.07) is 20.3. The van der Waals surface area contributed by atoms with E-state index in [1.165, 1.54) is 0 Å². The number of hydrogen-bond acceptors (Lipinski definition) is 4. The van der Waals surface area contributed by atoms with E-state index < -0.39 is 6.10 Å². The smallest absolute Gasteiger partial charge is 0.122 e. The first-order valence-electron chi connectivity index (χ1n) is 9.64. The van der Waals surface area contributed by atoms with Gasteiger partial charge in [-0.15, -0.1) is 0 Å². The molecule has 0 aliphatic carbocycles. The van der Waals surface area contributed by atoms with Gasteiger partial charge in [-0.3, -0.25) is 0 Å². The predicted molar refractivity (Wildman–Crippen MR) is 118 cm³/mol. The zero-order valence-electron chi connectivity index (χ0n) is 16.6. The molecule has 0 aliphatic heterocycles. The first-order valence-corrected chi connectivity index (χ1v) is 10.0. The minimum absolute atomic E-state index is 0.146. The Bertz CT molecular complexity index is 943. The molecule has 4 nitrogen and oxygen atoms in total. The maximum atomic E-state index is 10.4. The molecule has 0 saturated carbocycles. The van der Waals surface area contributed by atoms with Crippen molar-refractivity contribution < 1.29 is 14.9 Å². The van der Waals surface area contributed by atoms with Gasteiger partial charge in [0.15, 0.2) is 0 Å². The number of aromatic hydroxyl groups is 1. The minimum atomic E-state index is -0.660. The van der Waals surface area contributed by atoms with E-state index in [1.54, 1.807) is 24.3 Å². The fraction of sp³-hybridized carbons (Fsp3) is 0.250. The number of phenolic OH excluding ortho intramolecular Hbond substituents is 1. The van der Waals surface area contributed by atoms with Crippen molar-refractivity contribution in [3.8, 4) is 22.6 Å². The Morgan fingerprint density at radius 1 is 1.03 bits per heavy atom. The number of nitrogens with one attached hydrogen (secondary N) is 1. The Kier molecular flexibility index (Phi) is 7.15. The highest BCUT2D eigenvalue weighted by molar-refractivity contribution is 6.33. The molecular weight excluding hydrogens is 386 g/mol. The average Bonchev–Trinajstić information content (AvgIpc) is 2.72. The van der Waals surface area contributed by atoms with Crippen LogP contribution >= 0.6 is 11.6 Å². The van der Waals surface area contributed by atoms with Crippen molar-refractivity contribution in [2.45, 2.75) is 26.0 Å². The number of rotatable bonds is 8. The Morgan fingerprint density at radius 3 is 2.45 bits per heavy atom. The lowest BCUT2D eigenvalue weighted by Crippen LogP contribution is -2.35. The maximum Gasteiger partial charge on any atom is 0.122 e. The fourth-order valence-electron chi connectivity index (χ4n) is 3.19. The Morgan fingerprint density at radius 2 is 1.76 bits per heavy atom. The summed E-state index contributed by atoms with van der Waals surface area (Å²) >= 11 is 6.29. The molecule has 152 valence electrons. The zero-order valence-corrected chi connectivity index (χ0v) is 17.4. The van der Waals surface area contributed by atoms with E-state index in [-0.39, 0.29) is 11.8 Å². The molecule has 3 aromatic carbocycles. The summed E-state index contributed by atoms with van der Waals surface area (Å²) in [4.78, 5) is 0. The van der Waals surface area contributed by atoms with Gasteiger partial charge in [-0.05, 0) is 60.9 Å². The summed E-state index contributed by atoms with van der Waals surface area (Å²) in [5, 5.41) is 23.8. The van der Waals surface area contributed by atoms with Crippen LogP contribution in [0.4, 0.5) is 0 Å². The van der Waals surface area contributed by atoms with E-state index in [2.05, 4.69) is 11.4 Å². The van der Waals surface area contributed by atoms with Crippen molar-refractivity contribution >= 4 is 11.6 Å². The van der Waals surface area contributed by atoms with Crippen LogP contribution in [0.2, 0.25) is 5.02 Å². The van der Waals surface area contributed by atoms with Crippen LogP contribution in [0.25, 0.3) is 11.1 Å². The number of aryl methyl sites for hydroxylation is 1. The van der Waals surface area contributed by atoms with Crippen molar-refractivity contribution in [2.75, 3.05) is 13.2 Å². The third kappa shape index (κ3) is 5.51. The molecule has 0 spiro atoms. The van der Waals surface area contributed by atoms with Gasteiger partial charge in [0.1, 0.15) is 18.1 Å². The molecule has 0 saturated heterocycles. The average molecular weight is 412 g/mol. The number of hydrogen-bond donors (Lipinski definition) is 3. The van der Waals surface area contributed by atoms with Gasteiger partial charge >= 0.3 is 0 Å². The minimum Gasteiger partial charge on any atom is -0.508 e. The molecular formula is C24H26ClNO3. The predicted octanol–water partition coefficient (Wildman–Crippen LogP) is 5.11. The summed E-state index contributed by atoms with van der Waals surface area (Å²) in [5.41, 5.74) is 3.86. The highest BCUT2D eigenvalue weighted by atomic mass is 35.5. The summed E-state index contributed by atoms with van der Waals surface area (Å²) in [6.45, 7) is 5.02. The van der Waals surface area contributed by atoms with Crippen LogP contribution in [0, 0.1) is 6.92 Å². The summed E-state index contributed by atoms with van der Waals surface area (Å²) in [5.74, 6) is 1.01. The zero-order chi connectivity index (χ0) is 20.8. The van der Waals surface area contributed by atoms with E-state index in [1.807, 2.05) is 50.2 Å². The Balaban J connectivity index is 1.51. The highest BCUT2D eigenvalue weighted by Crippen LogP contribution is 2.31. The molecule has 0 unspecified atom stereocenters. The summed E-state index contributed by atoms with van der Waals surface area (Å²) < 4.78 is 5.90. The molecule has 3 aromatic rings. The van der Waals surface area contributed by atoms with Crippen LogP contribution in [0.5, 0.6) is 11.5 Å². The van der Waals surface area contributed by atoms with Crippen molar-refractivity contribution in [3.05, 3.63) is 82.9 Å². The third-order valence-electron chi connectivity index (χ3n) is 4.89. The molecule has 3 rings (SSSR count). The molecule has 0 bridgehead atoms. The highest BCUT2D eigenvalue weighted by Gasteiger charge is 2.15. The van der Waals surface area contributed by atoms with Crippen LogP contribution < -0.4 is 10.1 Å². The van der Waals surface area contributed by atoms with Gasteiger partial charge in [0, 0.05) is 23.2 Å². The topological polar surface area (TPSA) is 61.7 Å². The number of halogens is 1. The second kappa shape index (κ2) is 9.79. The molecule has 0 heterocycles. The number of benzene rings is 3. The fourth-order valence-corrected chi connectivity index (χ4v) is 3.44. The van der Waals surface area contributed by atoms with E-state index >= 15 is 0 Å². The lowest BCUT2D eigenvalue weighted by Gasteiger charge is -2.21. The second-order valence-electron chi connectivity index (χ2n) is 7.09. The molecule has 0 aliphatic rings. The van der Waals surface area contributed by atoms with Crippen LogP contribution in [0.3, 0.4) is 0 Å². The largest absolute Gasteiger partial charge is 0.508 e. The molecule has 5 heteroatoms. The Labute approximate surface area is 176 Å². The van der Waals surface area contributed by atoms with Crippen molar-refractivity contribution in [2.24, 2.45) is 0 Å². The summed E-state index contributed by atoms with van der Waals surface area (Å²) in [6.07, 6.45) is -0.660. The number of ether oxygens (including phenoxy) is 1. The van der Waals surface area contributed by atoms with Crippen LogP contribution in [-0.2, 0) is 0 Å². The lowest BCUT2D eigenvalue weighted by molar-refractivity contribution is 0.133. The van der Waals surface area contributed by atoms with Gasteiger partial charge < -0.3 is 20.3 Å². The SMILES string of the molecule is Cc1cc(-c2ccccc2Cl)ccc1OCCN[C@H](C)[C@@H](O)c1ccc(O)cc1. The monoisotopic (exact) mass is 411 g/mol.